The summed E-state index contributed by atoms with van der Waals surface area (Å²) < 4.78 is 10.4. The van der Waals surface area contributed by atoms with Crippen LogP contribution in [0.4, 0.5) is 5.69 Å². The number of nitrogens with one attached hydrogen (secondary N) is 1. The Morgan fingerprint density at radius 3 is 3.00 bits per heavy atom. The van der Waals surface area contributed by atoms with Crippen molar-refractivity contribution in [3.8, 4) is 5.75 Å². The molecular formula is C12H16N2O3. The van der Waals surface area contributed by atoms with Gasteiger partial charge in [0, 0.05) is 6.54 Å². The lowest BCUT2D eigenvalue weighted by atomic mass is 10.1. The number of hydrogen-bond donors (Lipinski definition) is 2. The van der Waals surface area contributed by atoms with Gasteiger partial charge in [-0.05, 0) is 25.1 Å². The molecule has 1 aromatic rings. The quantitative estimate of drug-likeness (QED) is 0.749. The van der Waals surface area contributed by atoms with Gasteiger partial charge in [0.25, 0.3) is 0 Å². The predicted molar refractivity (Wildman–Crippen MR) is 64.3 cm³/mol. The summed E-state index contributed by atoms with van der Waals surface area (Å²) in [6.07, 6.45) is -0.0876. The average Bonchev–Trinajstić information content (AvgIpc) is 2.36. The summed E-state index contributed by atoms with van der Waals surface area (Å²) in [7, 11) is 1.35. The van der Waals surface area contributed by atoms with Crippen molar-refractivity contribution in [2.75, 3.05) is 19.0 Å². The van der Waals surface area contributed by atoms with Crippen LogP contribution in [-0.4, -0.2) is 31.8 Å². The maximum absolute atomic E-state index is 11.4. The number of benzene rings is 1. The summed E-state index contributed by atoms with van der Waals surface area (Å²) in [6.45, 7) is 2.44. The predicted octanol–water partition coefficient (Wildman–Crippen LogP) is 0.993. The van der Waals surface area contributed by atoms with Gasteiger partial charge in [-0.15, -0.1) is 0 Å². The Morgan fingerprint density at radius 1 is 1.59 bits per heavy atom. The number of hydrogen-bond acceptors (Lipinski definition) is 5. The molecule has 2 rings (SSSR count). The molecule has 5 nitrogen and oxygen atoms in total. The van der Waals surface area contributed by atoms with Gasteiger partial charge in [-0.2, -0.15) is 0 Å². The molecule has 1 aliphatic heterocycles. The molecular weight excluding hydrogens is 220 g/mol. The van der Waals surface area contributed by atoms with Gasteiger partial charge in [0.15, 0.2) is 0 Å². The third kappa shape index (κ3) is 2.19. The van der Waals surface area contributed by atoms with Crippen LogP contribution in [0.15, 0.2) is 18.2 Å². The second-order valence-corrected chi connectivity index (χ2v) is 4.03. The van der Waals surface area contributed by atoms with Crippen LogP contribution in [0.25, 0.3) is 0 Å². The van der Waals surface area contributed by atoms with Crippen molar-refractivity contribution in [3.05, 3.63) is 23.8 Å². The second-order valence-electron chi connectivity index (χ2n) is 4.03. The number of carbonyl (C=O) groups excluding carboxylic acids is 1. The molecule has 0 spiro atoms. The van der Waals surface area contributed by atoms with Gasteiger partial charge in [0.1, 0.15) is 11.9 Å². The normalized spacial score (nSPS) is 22.1. The van der Waals surface area contributed by atoms with Crippen molar-refractivity contribution < 1.29 is 14.3 Å². The van der Waals surface area contributed by atoms with Gasteiger partial charge in [-0.3, -0.25) is 0 Å². The third-order valence-corrected chi connectivity index (χ3v) is 2.85. The van der Waals surface area contributed by atoms with Gasteiger partial charge in [0.2, 0.25) is 0 Å². The van der Waals surface area contributed by atoms with Crippen molar-refractivity contribution in [2.45, 2.75) is 19.1 Å². The molecule has 0 radical (unpaired) electrons. The smallest absolute Gasteiger partial charge is 0.337 e. The van der Waals surface area contributed by atoms with Crippen LogP contribution in [0.2, 0.25) is 0 Å². The highest BCUT2D eigenvalue weighted by Gasteiger charge is 2.25. The van der Waals surface area contributed by atoms with Crippen molar-refractivity contribution in [2.24, 2.45) is 5.73 Å². The zero-order valence-electron chi connectivity index (χ0n) is 9.90. The van der Waals surface area contributed by atoms with E-state index in [-0.39, 0.29) is 18.1 Å². The topological polar surface area (TPSA) is 73.6 Å². The lowest BCUT2D eigenvalue weighted by Crippen LogP contribution is -2.44. The molecule has 0 bridgehead atoms. The summed E-state index contributed by atoms with van der Waals surface area (Å²) in [4.78, 5) is 11.4. The van der Waals surface area contributed by atoms with Crippen LogP contribution >= 0.6 is 0 Å². The molecule has 3 N–H and O–H groups in total. The van der Waals surface area contributed by atoms with Crippen LogP contribution in [0.1, 0.15) is 17.3 Å². The van der Waals surface area contributed by atoms with Gasteiger partial charge >= 0.3 is 5.97 Å². The van der Waals surface area contributed by atoms with Gasteiger partial charge < -0.3 is 20.5 Å². The number of anilines is 1. The van der Waals surface area contributed by atoms with E-state index in [4.69, 9.17) is 10.5 Å². The van der Waals surface area contributed by atoms with E-state index in [1.165, 1.54) is 7.11 Å². The Labute approximate surface area is 99.9 Å². The Hall–Kier alpha value is -1.75. The molecule has 0 saturated carbocycles. The maximum Gasteiger partial charge on any atom is 0.337 e. The van der Waals surface area contributed by atoms with Crippen molar-refractivity contribution in [1.29, 1.82) is 0 Å². The summed E-state index contributed by atoms with van der Waals surface area (Å²) in [5.41, 5.74) is 6.96. The van der Waals surface area contributed by atoms with Gasteiger partial charge in [-0.1, -0.05) is 0 Å². The highest BCUT2D eigenvalue weighted by atomic mass is 16.5. The number of nitrogens with two attached hydrogens (primary N) is 1. The molecule has 0 aromatic heterocycles. The van der Waals surface area contributed by atoms with E-state index >= 15 is 0 Å². The fourth-order valence-electron chi connectivity index (χ4n) is 1.84. The lowest BCUT2D eigenvalue weighted by Gasteiger charge is -2.32. The molecule has 2 unspecified atom stereocenters. The standard InChI is InChI=1S/C12H16N2O3/c1-7-11(6-13)17-10-5-8(12(15)16-2)3-4-9(10)14-7/h3-5,7,11,14H,6,13H2,1-2H3. The molecule has 0 amide bonds. The van der Waals surface area contributed by atoms with Crippen LogP contribution < -0.4 is 15.8 Å². The number of esters is 1. The molecule has 0 aliphatic carbocycles. The molecule has 1 heterocycles. The highest BCUT2D eigenvalue weighted by molar-refractivity contribution is 5.90. The van der Waals surface area contributed by atoms with E-state index in [1.54, 1.807) is 12.1 Å². The summed E-state index contributed by atoms with van der Waals surface area (Å²) in [6, 6.07) is 5.33. The monoisotopic (exact) mass is 236 g/mol. The van der Waals surface area contributed by atoms with E-state index in [0.29, 0.717) is 17.9 Å². The fraction of sp³-hybridized carbons (Fsp3) is 0.417. The van der Waals surface area contributed by atoms with E-state index in [1.807, 2.05) is 13.0 Å². The number of fused-ring (bicyclic) bond motifs is 1. The van der Waals surface area contributed by atoms with Crippen LogP contribution in [0, 0.1) is 0 Å². The SMILES string of the molecule is COC(=O)c1ccc2c(c1)OC(CN)C(C)N2. The summed E-state index contributed by atoms with van der Waals surface area (Å²) in [5.74, 6) is 0.265. The van der Waals surface area contributed by atoms with E-state index in [9.17, 15) is 4.79 Å². The first kappa shape index (κ1) is 11.7. The van der Waals surface area contributed by atoms with Crippen LogP contribution in [-0.2, 0) is 4.74 Å². The summed E-state index contributed by atoms with van der Waals surface area (Å²) >= 11 is 0. The fourth-order valence-corrected chi connectivity index (χ4v) is 1.84. The minimum Gasteiger partial charge on any atom is -0.485 e. The Balaban J connectivity index is 2.30. The molecule has 1 aliphatic rings. The minimum atomic E-state index is -0.376. The molecule has 92 valence electrons. The molecule has 1 aromatic carbocycles. The Kier molecular flexibility index (Phi) is 3.19. The first-order chi connectivity index (χ1) is 8.15. The largest absolute Gasteiger partial charge is 0.485 e. The van der Waals surface area contributed by atoms with Crippen LogP contribution in [0.5, 0.6) is 5.75 Å². The average molecular weight is 236 g/mol. The number of ether oxygens (including phenoxy) is 2. The zero-order chi connectivity index (χ0) is 12.4. The molecule has 5 heteroatoms. The highest BCUT2D eigenvalue weighted by Crippen LogP contribution is 2.32. The zero-order valence-corrected chi connectivity index (χ0v) is 9.90. The number of methoxy groups -OCH3 is 1. The summed E-state index contributed by atoms with van der Waals surface area (Å²) in [5, 5.41) is 3.29. The van der Waals surface area contributed by atoms with Gasteiger partial charge in [0.05, 0.1) is 24.4 Å². The molecule has 0 saturated heterocycles. The van der Waals surface area contributed by atoms with E-state index in [2.05, 4.69) is 10.1 Å². The van der Waals surface area contributed by atoms with Crippen molar-refractivity contribution >= 4 is 11.7 Å². The minimum absolute atomic E-state index is 0.0876. The second kappa shape index (κ2) is 4.63. The molecule has 17 heavy (non-hydrogen) atoms. The van der Waals surface area contributed by atoms with E-state index < -0.39 is 0 Å². The maximum atomic E-state index is 11.4. The Morgan fingerprint density at radius 2 is 2.35 bits per heavy atom. The molecule has 2 atom stereocenters. The molecule has 0 fully saturated rings. The lowest BCUT2D eigenvalue weighted by molar-refractivity contribution is 0.0600. The third-order valence-electron chi connectivity index (χ3n) is 2.85. The van der Waals surface area contributed by atoms with Crippen molar-refractivity contribution in [1.82, 2.24) is 0 Å². The first-order valence-corrected chi connectivity index (χ1v) is 5.51. The van der Waals surface area contributed by atoms with Crippen molar-refractivity contribution in [3.63, 3.8) is 0 Å². The van der Waals surface area contributed by atoms with Gasteiger partial charge in [-0.25, -0.2) is 4.79 Å². The van der Waals surface area contributed by atoms with Crippen LogP contribution in [0.3, 0.4) is 0 Å². The number of carbonyl (C=O) groups is 1. The van der Waals surface area contributed by atoms with E-state index in [0.717, 1.165) is 5.69 Å². The Bertz CT molecular complexity index is 434. The first-order valence-electron chi connectivity index (χ1n) is 5.51. The number of rotatable bonds is 2.